The third-order valence-corrected chi connectivity index (χ3v) is 2.37. The maximum atomic E-state index is 4.01. The zero-order chi connectivity index (χ0) is 7.45. The number of hydrogen-bond donors (Lipinski definition) is 0. The summed E-state index contributed by atoms with van der Waals surface area (Å²) in [6, 6.07) is 0. The zero-order valence-corrected chi connectivity index (χ0v) is 6.67. The van der Waals surface area contributed by atoms with Crippen LogP contribution in [0, 0.1) is 5.41 Å². The van der Waals surface area contributed by atoms with E-state index in [1.54, 1.807) is 0 Å². The first-order valence-corrected chi connectivity index (χ1v) is 3.87. The Kier molecular flexibility index (Phi) is 2.20. The van der Waals surface area contributed by atoms with Crippen LogP contribution in [0.4, 0.5) is 0 Å². The third-order valence-electron chi connectivity index (χ3n) is 2.37. The van der Waals surface area contributed by atoms with E-state index in [2.05, 4.69) is 30.2 Å². The highest BCUT2D eigenvalue weighted by molar-refractivity contribution is 5.01. The Morgan fingerprint density at radius 2 is 2.10 bits per heavy atom. The van der Waals surface area contributed by atoms with Crippen molar-refractivity contribution in [3.8, 4) is 0 Å². The number of nitrogens with zero attached hydrogens (tertiary/aromatic N) is 2. The van der Waals surface area contributed by atoms with Crippen molar-refractivity contribution in [3.05, 3.63) is 12.3 Å². The van der Waals surface area contributed by atoms with E-state index >= 15 is 0 Å². The minimum atomic E-state index is 0.321. The van der Waals surface area contributed by atoms with Gasteiger partial charge in [0.05, 0.1) is 6.54 Å². The molecule has 0 N–H and O–H groups in total. The van der Waals surface area contributed by atoms with Crippen molar-refractivity contribution < 1.29 is 0 Å². The maximum Gasteiger partial charge on any atom is 0.0694 e. The topological polar surface area (TPSA) is 24.7 Å². The largest absolute Gasteiger partial charge is 0.188 e. The van der Waals surface area contributed by atoms with Crippen LogP contribution in [0.1, 0.15) is 26.7 Å². The molecule has 10 heavy (non-hydrogen) atoms. The van der Waals surface area contributed by atoms with Gasteiger partial charge in [-0.1, -0.05) is 19.9 Å². The van der Waals surface area contributed by atoms with Crippen molar-refractivity contribution in [1.82, 2.24) is 0 Å². The lowest BCUT2D eigenvalue weighted by molar-refractivity contribution is 0.352. The van der Waals surface area contributed by atoms with Gasteiger partial charge in [-0.3, -0.25) is 0 Å². The molecular formula is C8H14N2. The summed E-state index contributed by atoms with van der Waals surface area (Å²) in [4.78, 5) is 0. The van der Waals surface area contributed by atoms with Gasteiger partial charge < -0.3 is 0 Å². The summed E-state index contributed by atoms with van der Waals surface area (Å²) in [5.74, 6) is 0. The highest BCUT2D eigenvalue weighted by atomic mass is 15.1. The summed E-state index contributed by atoms with van der Waals surface area (Å²) in [5.41, 5.74) is 0.321. The predicted molar refractivity (Wildman–Crippen MR) is 41.9 cm³/mol. The minimum absolute atomic E-state index is 0.321. The second-order valence-corrected chi connectivity index (χ2v) is 2.80. The molecule has 0 aromatic heterocycles. The minimum Gasteiger partial charge on any atom is -0.188 e. The summed E-state index contributed by atoms with van der Waals surface area (Å²) in [6.07, 6.45) is 6.33. The van der Waals surface area contributed by atoms with Crippen LogP contribution in [0.15, 0.2) is 22.5 Å². The molecule has 1 aliphatic heterocycles. The highest BCUT2D eigenvalue weighted by Crippen LogP contribution is 2.30. The van der Waals surface area contributed by atoms with Gasteiger partial charge in [0.2, 0.25) is 0 Å². The first-order chi connectivity index (χ1) is 4.83. The average Bonchev–Trinajstić information content (AvgIpc) is 2.06. The van der Waals surface area contributed by atoms with Gasteiger partial charge in [-0.2, -0.15) is 10.2 Å². The van der Waals surface area contributed by atoms with E-state index in [-0.39, 0.29) is 0 Å². The normalized spacial score (nSPS) is 21.4. The monoisotopic (exact) mass is 138 g/mol. The molecule has 0 bridgehead atoms. The van der Waals surface area contributed by atoms with Crippen molar-refractivity contribution in [1.29, 1.82) is 0 Å². The summed E-state index contributed by atoms with van der Waals surface area (Å²) >= 11 is 0. The molecule has 0 aromatic rings. The van der Waals surface area contributed by atoms with E-state index in [1.165, 1.54) is 12.8 Å². The quantitative estimate of drug-likeness (QED) is 0.560. The second kappa shape index (κ2) is 2.95. The first-order valence-electron chi connectivity index (χ1n) is 3.87. The van der Waals surface area contributed by atoms with Crippen LogP contribution in [0.5, 0.6) is 0 Å². The first kappa shape index (κ1) is 7.45. The van der Waals surface area contributed by atoms with Crippen LogP contribution < -0.4 is 0 Å². The lowest BCUT2D eigenvalue weighted by Gasteiger charge is -2.26. The molecule has 0 saturated heterocycles. The molecule has 1 aliphatic rings. The van der Waals surface area contributed by atoms with E-state index in [4.69, 9.17) is 0 Å². The lowest BCUT2D eigenvalue weighted by Crippen LogP contribution is -2.20. The second-order valence-electron chi connectivity index (χ2n) is 2.80. The molecule has 0 spiro atoms. The highest BCUT2D eigenvalue weighted by Gasteiger charge is 2.23. The van der Waals surface area contributed by atoms with Crippen LogP contribution in [0.3, 0.4) is 0 Å². The van der Waals surface area contributed by atoms with E-state index in [1.807, 2.05) is 6.20 Å². The van der Waals surface area contributed by atoms with E-state index in [9.17, 15) is 0 Å². The van der Waals surface area contributed by atoms with Crippen LogP contribution in [0.25, 0.3) is 0 Å². The molecule has 0 atom stereocenters. The van der Waals surface area contributed by atoms with Gasteiger partial charge in [0.15, 0.2) is 0 Å². The Bertz CT molecular complexity index is 155. The average molecular weight is 138 g/mol. The van der Waals surface area contributed by atoms with Gasteiger partial charge >= 0.3 is 0 Å². The van der Waals surface area contributed by atoms with Crippen LogP contribution in [-0.2, 0) is 0 Å². The van der Waals surface area contributed by atoms with E-state index in [0.717, 1.165) is 6.54 Å². The lowest BCUT2D eigenvalue weighted by atomic mass is 9.82. The summed E-state index contributed by atoms with van der Waals surface area (Å²) in [6.45, 7) is 5.28. The number of rotatable bonds is 2. The Balaban J connectivity index is 2.66. The van der Waals surface area contributed by atoms with Crippen molar-refractivity contribution in [2.75, 3.05) is 6.54 Å². The van der Waals surface area contributed by atoms with Gasteiger partial charge in [0.1, 0.15) is 0 Å². The molecule has 1 rings (SSSR count). The number of hydrogen-bond acceptors (Lipinski definition) is 2. The van der Waals surface area contributed by atoms with Crippen LogP contribution in [0.2, 0.25) is 0 Å². The van der Waals surface area contributed by atoms with Gasteiger partial charge in [-0.05, 0) is 12.8 Å². The Labute approximate surface area is 62.0 Å². The van der Waals surface area contributed by atoms with Gasteiger partial charge in [0.25, 0.3) is 0 Å². The Morgan fingerprint density at radius 1 is 1.40 bits per heavy atom. The fourth-order valence-electron chi connectivity index (χ4n) is 1.18. The maximum absolute atomic E-state index is 4.01. The van der Waals surface area contributed by atoms with Crippen molar-refractivity contribution in [2.24, 2.45) is 15.6 Å². The smallest absolute Gasteiger partial charge is 0.0694 e. The summed E-state index contributed by atoms with van der Waals surface area (Å²) in [7, 11) is 0. The Hall–Kier alpha value is -0.660. The molecule has 0 radical (unpaired) electrons. The predicted octanol–water partition coefficient (Wildman–Crippen LogP) is 2.77. The Morgan fingerprint density at radius 3 is 2.40 bits per heavy atom. The van der Waals surface area contributed by atoms with Gasteiger partial charge in [0, 0.05) is 11.6 Å². The van der Waals surface area contributed by atoms with Crippen molar-refractivity contribution in [3.63, 3.8) is 0 Å². The van der Waals surface area contributed by atoms with E-state index in [0.29, 0.717) is 5.41 Å². The molecule has 0 unspecified atom stereocenters. The summed E-state index contributed by atoms with van der Waals surface area (Å²) in [5, 5.41) is 7.82. The fraction of sp³-hybridized carbons (Fsp3) is 0.750. The van der Waals surface area contributed by atoms with E-state index < -0.39 is 0 Å². The van der Waals surface area contributed by atoms with Crippen molar-refractivity contribution in [2.45, 2.75) is 26.7 Å². The van der Waals surface area contributed by atoms with Crippen LogP contribution >= 0.6 is 0 Å². The van der Waals surface area contributed by atoms with Gasteiger partial charge in [-0.15, -0.1) is 0 Å². The molecule has 56 valence electrons. The standard InChI is InChI=1S/C8H14N2/c1-3-8(4-2)5-6-9-10-7-8/h5-6H,3-4,7H2,1-2H3. The zero-order valence-electron chi connectivity index (χ0n) is 6.67. The molecule has 1 heterocycles. The molecular weight excluding hydrogens is 124 g/mol. The third kappa shape index (κ3) is 1.25. The summed E-state index contributed by atoms with van der Waals surface area (Å²) < 4.78 is 0. The molecule has 0 aliphatic carbocycles. The SMILES string of the molecule is CCC1(CC)C=CN=NC1. The molecule has 0 fully saturated rings. The van der Waals surface area contributed by atoms with Crippen LogP contribution in [-0.4, -0.2) is 6.54 Å². The fourth-order valence-corrected chi connectivity index (χ4v) is 1.18. The number of azo groups is 1. The molecule has 2 heteroatoms. The molecule has 0 amide bonds. The molecule has 0 aromatic carbocycles. The molecule has 2 nitrogen and oxygen atoms in total. The molecule has 0 saturated carbocycles. The van der Waals surface area contributed by atoms with Crippen molar-refractivity contribution >= 4 is 0 Å². The van der Waals surface area contributed by atoms with Gasteiger partial charge in [-0.25, -0.2) is 0 Å².